The van der Waals surface area contributed by atoms with E-state index in [1.54, 1.807) is 5.32 Å². The number of nitrogens with one attached hydrogen (secondary N) is 2. The van der Waals surface area contributed by atoms with Crippen LogP contribution in [0.2, 0.25) is 5.28 Å². The largest absolute Gasteiger partial charge is 0.494 e. The van der Waals surface area contributed by atoms with E-state index in [1.165, 1.54) is 16.9 Å². The lowest BCUT2D eigenvalue weighted by atomic mass is 10.1. The minimum atomic E-state index is -4.96. The van der Waals surface area contributed by atoms with Crippen molar-refractivity contribution in [3.05, 3.63) is 41.1 Å². The zero-order valence-electron chi connectivity index (χ0n) is 17.5. The molecule has 0 spiro atoms. The fraction of sp³-hybridized carbons (Fsp3) is 0.250. The molecule has 0 aliphatic heterocycles. The summed E-state index contributed by atoms with van der Waals surface area (Å²) < 4.78 is 67.0. The molecule has 3 rings (SSSR count). The Hall–Kier alpha value is -3.12. The van der Waals surface area contributed by atoms with Crippen molar-refractivity contribution < 1.29 is 31.9 Å². The molecule has 0 radical (unpaired) electrons. The number of aliphatic hydroxyl groups is 1. The highest BCUT2D eigenvalue weighted by molar-refractivity contribution is 6.28. The fourth-order valence-electron chi connectivity index (χ4n) is 2.58. The van der Waals surface area contributed by atoms with Crippen LogP contribution in [0.4, 0.5) is 24.7 Å². The average Bonchev–Trinajstić information content (AvgIpc) is 3.07. The number of carbonyl (C=O) groups is 1. The third-order valence-electron chi connectivity index (χ3n) is 3.85. The summed E-state index contributed by atoms with van der Waals surface area (Å²) in [5, 5.41) is 17.8. The number of methoxy groups -OCH3 is 1. The summed E-state index contributed by atoms with van der Waals surface area (Å²) in [6.45, 7) is -2.80. The Morgan fingerprint density at radius 1 is 1.45 bits per heavy atom. The van der Waals surface area contributed by atoms with Crippen LogP contribution in [0.25, 0.3) is 5.52 Å². The third-order valence-corrected chi connectivity index (χ3v) is 4.03. The normalized spacial score (nSPS) is 14.6. The number of nitrogens with zero attached hydrogens (tertiary/aromatic N) is 4. The quantitative estimate of drug-likeness (QED) is 0.530. The second-order valence-electron chi connectivity index (χ2n) is 5.58. The molecule has 0 bridgehead atoms. The number of rotatable bonds is 5. The highest BCUT2D eigenvalue weighted by Gasteiger charge is 2.41. The zero-order chi connectivity index (χ0) is 23.8. The summed E-state index contributed by atoms with van der Waals surface area (Å²) in [5.74, 6) is -1.64. The Kier molecular flexibility index (Phi) is 4.47. The Balaban J connectivity index is 2.11. The van der Waals surface area contributed by atoms with Gasteiger partial charge in [0.1, 0.15) is 16.9 Å². The van der Waals surface area contributed by atoms with Gasteiger partial charge in [-0.25, -0.2) is 9.50 Å². The van der Waals surface area contributed by atoms with Gasteiger partial charge in [-0.15, -0.1) is 0 Å². The van der Waals surface area contributed by atoms with Gasteiger partial charge in [-0.1, -0.05) is 0 Å². The maximum Gasteiger partial charge on any atom is 0.418 e. The highest BCUT2D eigenvalue weighted by atomic mass is 35.5. The van der Waals surface area contributed by atoms with E-state index in [2.05, 4.69) is 20.4 Å². The van der Waals surface area contributed by atoms with Gasteiger partial charge in [0.05, 0.1) is 19.0 Å². The van der Waals surface area contributed by atoms with Gasteiger partial charge in [-0.3, -0.25) is 4.79 Å². The second-order valence-corrected chi connectivity index (χ2v) is 5.92. The number of halogens is 4. The average molecular weight is 434 g/mol. The van der Waals surface area contributed by atoms with Crippen molar-refractivity contribution in [2.24, 2.45) is 0 Å². The number of carbonyl (C=O) groups excluding carboxylic acids is 1. The number of hydrogen-bond acceptors (Lipinski definition) is 7. The van der Waals surface area contributed by atoms with E-state index >= 15 is 0 Å². The number of pyridine rings is 1. The summed E-state index contributed by atoms with van der Waals surface area (Å²) in [6.07, 6.45) is -4.45. The first kappa shape index (κ1) is 16.8. The summed E-state index contributed by atoms with van der Waals surface area (Å²) in [7, 11) is 1.11. The van der Waals surface area contributed by atoms with E-state index in [0.717, 1.165) is 19.4 Å². The number of alkyl halides is 3. The van der Waals surface area contributed by atoms with Crippen LogP contribution in [-0.4, -0.2) is 50.9 Å². The van der Waals surface area contributed by atoms with Crippen LogP contribution in [-0.2, 0) is 0 Å². The summed E-state index contributed by atoms with van der Waals surface area (Å²) >= 11 is 5.78. The lowest BCUT2D eigenvalue weighted by Gasteiger charge is -2.18. The van der Waals surface area contributed by atoms with E-state index in [0.29, 0.717) is 0 Å². The first-order valence-corrected chi connectivity index (χ1v) is 8.10. The maximum absolute atomic E-state index is 13.1. The van der Waals surface area contributed by atoms with Gasteiger partial charge in [0.25, 0.3) is 5.91 Å². The fourth-order valence-corrected chi connectivity index (χ4v) is 2.71. The summed E-state index contributed by atoms with van der Waals surface area (Å²) in [5.41, 5.74) is -0.881. The van der Waals surface area contributed by atoms with Gasteiger partial charge >= 0.3 is 6.18 Å². The molecular formula is C16H14ClF3N6O3. The Morgan fingerprint density at radius 2 is 2.21 bits per heavy atom. The van der Waals surface area contributed by atoms with Crippen LogP contribution in [0.3, 0.4) is 0 Å². The highest BCUT2D eigenvalue weighted by Crippen LogP contribution is 2.41. The minimum Gasteiger partial charge on any atom is -0.494 e. The number of aliphatic hydroxyl groups excluding tert-OH is 1. The van der Waals surface area contributed by atoms with E-state index in [1.807, 2.05) is 0 Å². The van der Waals surface area contributed by atoms with Crippen molar-refractivity contribution in [2.75, 3.05) is 19.4 Å². The van der Waals surface area contributed by atoms with Crippen molar-refractivity contribution in [2.45, 2.75) is 12.3 Å². The summed E-state index contributed by atoms with van der Waals surface area (Å²) in [6, 6.07) is 0.998. The van der Waals surface area contributed by atoms with Crippen molar-refractivity contribution in [3.8, 4) is 5.75 Å². The van der Waals surface area contributed by atoms with Gasteiger partial charge in [0, 0.05) is 29.0 Å². The van der Waals surface area contributed by atoms with Crippen LogP contribution in [0, 0.1) is 0 Å². The van der Waals surface area contributed by atoms with Crippen LogP contribution in [0.1, 0.15) is 26.1 Å². The van der Waals surface area contributed by atoms with Crippen molar-refractivity contribution in [1.29, 1.82) is 0 Å². The molecule has 0 fully saturated rings. The van der Waals surface area contributed by atoms with Crippen LogP contribution in [0.5, 0.6) is 5.75 Å². The monoisotopic (exact) mass is 433 g/mol. The molecule has 0 unspecified atom stereocenters. The topological polar surface area (TPSA) is 114 Å². The molecule has 0 saturated heterocycles. The molecule has 1 amide bonds. The summed E-state index contributed by atoms with van der Waals surface area (Å²) in [4.78, 5) is 19.8. The second kappa shape index (κ2) is 7.72. The Bertz CT molecular complexity index is 1170. The van der Waals surface area contributed by atoms with Gasteiger partial charge in [-0.05, 0) is 17.7 Å². The third kappa shape index (κ3) is 3.89. The molecule has 3 aromatic rings. The number of anilines is 2. The van der Waals surface area contributed by atoms with Gasteiger partial charge in [0.15, 0.2) is 11.9 Å². The van der Waals surface area contributed by atoms with Gasteiger partial charge in [0.2, 0.25) is 5.28 Å². The molecule has 3 heterocycles. The van der Waals surface area contributed by atoms with Crippen molar-refractivity contribution in [1.82, 2.24) is 24.9 Å². The van der Waals surface area contributed by atoms with E-state index in [4.69, 9.17) is 20.5 Å². The van der Waals surface area contributed by atoms with Crippen molar-refractivity contribution in [3.63, 3.8) is 0 Å². The van der Waals surface area contributed by atoms with Gasteiger partial charge < -0.3 is 20.5 Å². The molecule has 0 aromatic carbocycles. The molecule has 9 nitrogen and oxygen atoms in total. The molecule has 0 aliphatic rings. The van der Waals surface area contributed by atoms with Crippen molar-refractivity contribution >= 4 is 34.5 Å². The molecule has 13 heteroatoms. The van der Waals surface area contributed by atoms with Crippen LogP contribution < -0.4 is 15.4 Å². The number of hydrogen-bond donors (Lipinski definition) is 3. The van der Waals surface area contributed by atoms with E-state index in [9.17, 15) is 23.1 Å². The Morgan fingerprint density at radius 3 is 2.86 bits per heavy atom. The SMILES string of the molecule is [2H]C([2H])([2H])NC(=O)c1cnc(Cl)nc1Nc1cnn2ccc([C@H](O)C(F)(F)F)c(OC)c12. The number of amides is 1. The maximum atomic E-state index is 13.1. The lowest BCUT2D eigenvalue weighted by Crippen LogP contribution is -2.21. The Labute approximate surface area is 170 Å². The van der Waals surface area contributed by atoms with Gasteiger partial charge in [-0.2, -0.15) is 23.3 Å². The molecular weight excluding hydrogens is 417 g/mol. The number of fused-ring (bicyclic) bond motifs is 1. The molecule has 3 aromatic heterocycles. The first-order valence-electron chi connectivity index (χ1n) is 9.23. The number of ether oxygens (including phenoxy) is 1. The standard InChI is InChI=1S/C16H14ClF3N6O3/c1-21-14(28)8-5-22-15(17)25-13(8)24-9-6-23-26-4-3-7(11(29-2)10(9)26)12(27)16(18,19)20/h3-6,12,27H,1-2H3,(H,21,28)(H,22,24,25)/t12-/m0/s1/i1D3. The number of aromatic nitrogens is 4. The lowest BCUT2D eigenvalue weighted by molar-refractivity contribution is -0.207. The van der Waals surface area contributed by atoms with E-state index < -0.39 is 30.7 Å². The smallest absolute Gasteiger partial charge is 0.418 e. The zero-order valence-corrected chi connectivity index (χ0v) is 15.2. The molecule has 0 aliphatic carbocycles. The predicted octanol–water partition coefficient (Wildman–Crippen LogP) is 2.49. The molecule has 3 N–H and O–H groups in total. The van der Waals surface area contributed by atoms with E-state index in [-0.39, 0.29) is 33.6 Å². The molecule has 29 heavy (non-hydrogen) atoms. The van der Waals surface area contributed by atoms with Crippen LogP contribution >= 0.6 is 11.6 Å². The molecule has 1 atom stereocenters. The minimum absolute atomic E-state index is 0.0229. The molecule has 154 valence electrons. The van der Waals surface area contributed by atoms with Crippen LogP contribution in [0.15, 0.2) is 24.7 Å². The predicted molar refractivity (Wildman–Crippen MR) is 96.5 cm³/mol. The first-order chi connectivity index (χ1) is 14.8. The molecule has 0 saturated carbocycles.